The molecule has 8 nitrogen and oxygen atoms in total. The predicted molar refractivity (Wildman–Crippen MR) is 247 cm³/mol. The van der Waals surface area contributed by atoms with Gasteiger partial charge in [-0.1, -0.05) is 231 Å². The number of carbonyl (C=O) groups is 1. The molecule has 0 rings (SSSR count). The Bertz CT molecular complexity index is 958. The molecule has 0 aromatic rings. The molecule has 0 aromatic heterocycles. The number of quaternary nitrogens is 1. The summed E-state index contributed by atoms with van der Waals surface area (Å²) in [6.45, 7) is 4.65. The third-order valence-electron chi connectivity index (χ3n) is 11.5. The molecule has 0 aliphatic rings. The van der Waals surface area contributed by atoms with Gasteiger partial charge in [0.05, 0.1) is 39.9 Å². The molecule has 3 atom stereocenters. The van der Waals surface area contributed by atoms with Gasteiger partial charge in [0.15, 0.2) is 0 Å². The van der Waals surface area contributed by atoms with E-state index in [2.05, 4.69) is 19.2 Å². The van der Waals surface area contributed by atoms with Crippen molar-refractivity contribution in [1.82, 2.24) is 5.32 Å². The third kappa shape index (κ3) is 43.3. The maximum atomic E-state index is 12.8. The Kier molecular flexibility index (Phi) is 41.0. The second-order valence-electron chi connectivity index (χ2n) is 18.5. The van der Waals surface area contributed by atoms with Crippen molar-refractivity contribution in [3.8, 4) is 0 Å². The van der Waals surface area contributed by atoms with Crippen molar-refractivity contribution in [2.75, 3.05) is 40.9 Å². The van der Waals surface area contributed by atoms with Crippen LogP contribution in [0.15, 0.2) is 12.2 Å². The van der Waals surface area contributed by atoms with Crippen molar-refractivity contribution in [2.24, 2.45) is 0 Å². The molecule has 0 heterocycles. The van der Waals surface area contributed by atoms with Crippen LogP contribution >= 0.6 is 7.82 Å². The summed E-state index contributed by atoms with van der Waals surface area (Å²) in [6.07, 6.45) is 48.5. The first kappa shape index (κ1) is 57.2. The van der Waals surface area contributed by atoms with Gasteiger partial charge in [0.25, 0.3) is 7.82 Å². The molecule has 9 heteroatoms. The minimum atomic E-state index is -4.58. The number of amides is 1. The van der Waals surface area contributed by atoms with Crippen LogP contribution in [0, 0.1) is 0 Å². The van der Waals surface area contributed by atoms with Crippen molar-refractivity contribution >= 4 is 13.7 Å². The van der Waals surface area contributed by atoms with E-state index >= 15 is 0 Å². The van der Waals surface area contributed by atoms with Crippen LogP contribution in [0.3, 0.4) is 0 Å². The van der Waals surface area contributed by atoms with E-state index in [-0.39, 0.29) is 19.1 Å². The maximum Gasteiger partial charge on any atom is 0.268 e. The van der Waals surface area contributed by atoms with E-state index in [1.54, 1.807) is 6.08 Å². The summed E-state index contributed by atoms with van der Waals surface area (Å²) >= 11 is 0. The van der Waals surface area contributed by atoms with Crippen molar-refractivity contribution in [3.63, 3.8) is 0 Å². The molecule has 58 heavy (non-hydrogen) atoms. The van der Waals surface area contributed by atoms with Crippen molar-refractivity contribution < 1.29 is 32.9 Å². The second kappa shape index (κ2) is 41.6. The van der Waals surface area contributed by atoms with Gasteiger partial charge in [-0.15, -0.1) is 0 Å². The topological polar surface area (TPSA) is 108 Å². The highest BCUT2D eigenvalue weighted by Crippen LogP contribution is 2.38. The summed E-state index contributed by atoms with van der Waals surface area (Å²) < 4.78 is 23.2. The standard InChI is InChI=1S/C49H99N2O6P/c1-6-8-10-12-14-16-18-19-20-21-22-23-24-25-26-27-28-29-30-31-32-33-34-36-38-40-42-48(52)47(46-57-58(54,55)56-45-44-51(3,4)5)50-49(53)43-41-39-37-35-17-15-13-11-9-7-2/h40,42,47-48,52H,6-39,41,43-46H2,1-5H3,(H-,50,53,54,55)/b42-40+. The molecular formula is C49H99N2O6P. The first-order chi connectivity index (χ1) is 28.0. The van der Waals surface area contributed by atoms with E-state index in [0.29, 0.717) is 17.4 Å². The van der Waals surface area contributed by atoms with Crippen molar-refractivity contribution in [2.45, 2.75) is 257 Å². The van der Waals surface area contributed by atoms with E-state index in [0.717, 1.165) is 38.5 Å². The van der Waals surface area contributed by atoms with Crippen LogP contribution in [0.2, 0.25) is 0 Å². The van der Waals surface area contributed by atoms with E-state index in [4.69, 9.17) is 9.05 Å². The Morgan fingerprint density at radius 3 is 1.29 bits per heavy atom. The van der Waals surface area contributed by atoms with E-state index in [1.807, 2.05) is 27.2 Å². The Morgan fingerprint density at radius 1 is 0.586 bits per heavy atom. The zero-order valence-electron chi connectivity index (χ0n) is 39.3. The molecule has 2 N–H and O–H groups in total. The average Bonchev–Trinajstić information content (AvgIpc) is 3.17. The number of nitrogens with zero attached hydrogens (tertiary/aromatic N) is 1. The number of unbranched alkanes of at least 4 members (excludes halogenated alkanes) is 33. The normalized spacial score (nSPS) is 14.3. The van der Waals surface area contributed by atoms with Crippen LogP contribution in [-0.4, -0.2) is 68.5 Å². The van der Waals surface area contributed by atoms with Crippen molar-refractivity contribution in [3.05, 3.63) is 12.2 Å². The number of carbonyl (C=O) groups excluding carboxylic acids is 1. The summed E-state index contributed by atoms with van der Waals surface area (Å²) in [5.41, 5.74) is 0. The monoisotopic (exact) mass is 843 g/mol. The molecule has 3 unspecified atom stereocenters. The van der Waals surface area contributed by atoms with Gasteiger partial charge in [-0.3, -0.25) is 9.36 Å². The fraction of sp³-hybridized carbons (Fsp3) is 0.939. The quantitative estimate of drug-likeness (QED) is 0.0273. The fourth-order valence-electron chi connectivity index (χ4n) is 7.51. The van der Waals surface area contributed by atoms with E-state index in [9.17, 15) is 19.4 Å². The molecule has 0 aromatic carbocycles. The number of hydrogen-bond donors (Lipinski definition) is 2. The van der Waals surface area contributed by atoms with Gasteiger partial charge in [-0.05, 0) is 19.3 Å². The van der Waals surface area contributed by atoms with Crippen LogP contribution < -0.4 is 10.2 Å². The van der Waals surface area contributed by atoms with Gasteiger partial charge in [-0.25, -0.2) is 0 Å². The lowest BCUT2D eigenvalue weighted by atomic mass is 10.0. The number of rotatable bonds is 46. The lowest BCUT2D eigenvalue weighted by Crippen LogP contribution is -2.45. The van der Waals surface area contributed by atoms with Gasteiger partial charge in [0.2, 0.25) is 5.91 Å². The number of aliphatic hydroxyl groups excluding tert-OH is 1. The maximum absolute atomic E-state index is 12.8. The highest BCUT2D eigenvalue weighted by atomic mass is 31.2. The minimum Gasteiger partial charge on any atom is -0.756 e. The van der Waals surface area contributed by atoms with Gasteiger partial charge >= 0.3 is 0 Å². The number of phosphoric ester groups is 1. The van der Waals surface area contributed by atoms with Crippen LogP contribution in [0.25, 0.3) is 0 Å². The second-order valence-corrected chi connectivity index (χ2v) is 19.9. The largest absolute Gasteiger partial charge is 0.756 e. The van der Waals surface area contributed by atoms with Crippen LogP contribution in [0.5, 0.6) is 0 Å². The molecule has 346 valence electrons. The zero-order valence-corrected chi connectivity index (χ0v) is 40.2. The van der Waals surface area contributed by atoms with E-state index in [1.165, 1.54) is 186 Å². The SMILES string of the molecule is CCCCCCCCCCCCCCCCCCCCCCCCCC/C=C/C(O)C(COP(=O)([O-])OCC[N+](C)(C)C)NC(=O)CCCCCCCCCCCC. The highest BCUT2D eigenvalue weighted by molar-refractivity contribution is 7.45. The van der Waals surface area contributed by atoms with E-state index < -0.39 is 20.0 Å². The Hall–Kier alpha value is -0.760. The molecule has 0 aliphatic carbocycles. The third-order valence-corrected chi connectivity index (χ3v) is 12.5. The first-order valence-electron chi connectivity index (χ1n) is 25.1. The summed E-state index contributed by atoms with van der Waals surface area (Å²) in [5, 5.41) is 13.8. The molecule has 0 radical (unpaired) electrons. The average molecular weight is 843 g/mol. The molecular weight excluding hydrogens is 744 g/mol. The lowest BCUT2D eigenvalue weighted by Gasteiger charge is -2.29. The number of phosphoric acid groups is 1. The number of hydrogen-bond acceptors (Lipinski definition) is 6. The van der Waals surface area contributed by atoms with Crippen LogP contribution in [-0.2, 0) is 18.4 Å². The van der Waals surface area contributed by atoms with Gasteiger partial charge in [-0.2, -0.15) is 0 Å². The number of nitrogens with one attached hydrogen (secondary N) is 1. The Labute approximate surface area is 361 Å². The number of allylic oxidation sites excluding steroid dienone is 1. The van der Waals surface area contributed by atoms with Crippen molar-refractivity contribution in [1.29, 1.82) is 0 Å². The lowest BCUT2D eigenvalue weighted by molar-refractivity contribution is -0.870. The molecule has 1 amide bonds. The fourth-order valence-corrected chi connectivity index (χ4v) is 8.23. The van der Waals surface area contributed by atoms with Gasteiger partial charge < -0.3 is 28.8 Å². The Balaban J connectivity index is 4.14. The molecule has 0 bridgehead atoms. The molecule has 0 spiro atoms. The summed E-state index contributed by atoms with van der Waals surface area (Å²) in [7, 11) is 1.27. The van der Waals surface area contributed by atoms with Crippen LogP contribution in [0.4, 0.5) is 0 Å². The van der Waals surface area contributed by atoms with Crippen LogP contribution in [0.1, 0.15) is 245 Å². The molecule has 0 aliphatic heterocycles. The molecule has 0 fully saturated rings. The van der Waals surface area contributed by atoms with Gasteiger partial charge in [0, 0.05) is 6.42 Å². The minimum absolute atomic E-state index is 0.00207. The highest BCUT2D eigenvalue weighted by Gasteiger charge is 2.23. The smallest absolute Gasteiger partial charge is 0.268 e. The Morgan fingerprint density at radius 2 is 0.931 bits per heavy atom. The molecule has 0 saturated heterocycles. The summed E-state index contributed by atoms with van der Waals surface area (Å²) in [5.74, 6) is -0.197. The summed E-state index contributed by atoms with van der Waals surface area (Å²) in [6, 6.07) is -0.879. The first-order valence-corrected chi connectivity index (χ1v) is 26.5. The number of aliphatic hydroxyl groups is 1. The zero-order chi connectivity index (χ0) is 42.8. The summed E-state index contributed by atoms with van der Waals surface area (Å²) in [4.78, 5) is 25.3. The predicted octanol–water partition coefficient (Wildman–Crippen LogP) is 13.7. The molecule has 0 saturated carbocycles. The van der Waals surface area contributed by atoms with Gasteiger partial charge in [0.1, 0.15) is 13.2 Å². The number of likely N-dealkylation sites (N-methyl/N-ethyl adjacent to an activating group) is 1.